The number of methoxy groups -OCH3 is 1. The van der Waals surface area contributed by atoms with Crippen LogP contribution in [0, 0.1) is 0 Å². The van der Waals surface area contributed by atoms with Gasteiger partial charge in [-0.05, 0) is 36.0 Å². The fourth-order valence-corrected chi connectivity index (χ4v) is 2.10. The number of amides is 1. The third kappa shape index (κ3) is 6.29. The van der Waals surface area contributed by atoms with Crippen LogP contribution < -0.4 is 5.32 Å². The molecule has 1 rings (SSSR count). The summed E-state index contributed by atoms with van der Waals surface area (Å²) in [6, 6.07) is 7.75. The summed E-state index contributed by atoms with van der Waals surface area (Å²) in [5, 5.41) is 2.90. The molecule has 0 aliphatic rings. The highest BCUT2D eigenvalue weighted by atomic mass is 16.5. The lowest BCUT2D eigenvalue weighted by Crippen LogP contribution is -2.24. The molecule has 0 bridgehead atoms. The quantitative estimate of drug-likeness (QED) is 0.620. The topological polar surface area (TPSA) is 55.4 Å². The second-order valence-corrected chi connectivity index (χ2v) is 6.47. The Balaban J connectivity index is 2.29. The predicted molar refractivity (Wildman–Crippen MR) is 88.0 cm³/mol. The number of benzene rings is 1. The van der Waals surface area contributed by atoms with E-state index in [2.05, 4.69) is 30.8 Å². The summed E-state index contributed by atoms with van der Waals surface area (Å²) in [7, 11) is 1.40. The standard InChI is InChI=1S/C18H27NO3/c1-18(2,3)15-11-9-14(10-12-15)17(21)19-13-7-5-6-8-16(20)22-4/h9-12H,5-8,13H2,1-4H3,(H,19,21). The maximum Gasteiger partial charge on any atom is 0.305 e. The summed E-state index contributed by atoms with van der Waals surface area (Å²) >= 11 is 0. The predicted octanol–water partition coefficient (Wildman–Crippen LogP) is 3.45. The molecule has 1 aromatic rings. The van der Waals surface area contributed by atoms with Crippen LogP contribution in [0.3, 0.4) is 0 Å². The Morgan fingerprint density at radius 2 is 1.68 bits per heavy atom. The van der Waals surface area contributed by atoms with Gasteiger partial charge in [0.05, 0.1) is 7.11 Å². The summed E-state index contributed by atoms with van der Waals surface area (Å²) in [6.07, 6.45) is 3.00. The van der Waals surface area contributed by atoms with Gasteiger partial charge in [0.15, 0.2) is 0 Å². The molecule has 122 valence electrons. The molecule has 0 radical (unpaired) electrons. The number of nitrogens with one attached hydrogen (secondary N) is 1. The molecule has 0 aromatic heterocycles. The Hall–Kier alpha value is -1.84. The Kier molecular flexibility index (Phi) is 7.09. The summed E-state index contributed by atoms with van der Waals surface area (Å²) < 4.78 is 4.58. The van der Waals surface area contributed by atoms with Crippen molar-refractivity contribution in [3.63, 3.8) is 0 Å². The molecule has 0 unspecified atom stereocenters. The van der Waals surface area contributed by atoms with Crippen LogP contribution in [0.4, 0.5) is 0 Å². The molecule has 0 atom stereocenters. The zero-order chi connectivity index (χ0) is 16.6. The van der Waals surface area contributed by atoms with E-state index in [9.17, 15) is 9.59 Å². The average molecular weight is 305 g/mol. The molecule has 0 heterocycles. The van der Waals surface area contributed by atoms with E-state index >= 15 is 0 Å². The van der Waals surface area contributed by atoms with Gasteiger partial charge in [0, 0.05) is 18.5 Å². The van der Waals surface area contributed by atoms with Crippen LogP contribution in [-0.2, 0) is 14.9 Å². The van der Waals surface area contributed by atoms with Gasteiger partial charge in [0.1, 0.15) is 0 Å². The molecular weight excluding hydrogens is 278 g/mol. The number of hydrogen-bond donors (Lipinski definition) is 1. The highest BCUT2D eigenvalue weighted by Crippen LogP contribution is 2.22. The second kappa shape index (κ2) is 8.57. The van der Waals surface area contributed by atoms with E-state index in [1.165, 1.54) is 12.7 Å². The van der Waals surface area contributed by atoms with Gasteiger partial charge in [-0.3, -0.25) is 9.59 Å². The SMILES string of the molecule is COC(=O)CCCCCNC(=O)c1ccc(C(C)(C)C)cc1. The third-order valence-corrected chi connectivity index (χ3v) is 3.58. The molecule has 1 amide bonds. The highest BCUT2D eigenvalue weighted by Gasteiger charge is 2.14. The Bertz CT molecular complexity index is 486. The molecule has 4 heteroatoms. The van der Waals surface area contributed by atoms with E-state index in [-0.39, 0.29) is 17.3 Å². The summed E-state index contributed by atoms with van der Waals surface area (Å²) in [5.74, 6) is -0.226. The van der Waals surface area contributed by atoms with E-state index in [1.54, 1.807) is 0 Å². The lowest BCUT2D eigenvalue weighted by atomic mass is 9.87. The minimum absolute atomic E-state index is 0.0478. The van der Waals surface area contributed by atoms with Crippen LogP contribution >= 0.6 is 0 Å². The van der Waals surface area contributed by atoms with E-state index in [1.807, 2.05) is 24.3 Å². The lowest BCUT2D eigenvalue weighted by Gasteiger charge is -2.19. The van der Waals surface area contributed by atoms with Crippen molar-refractivity contribution in [2.75, 3.05) is 13.7 Å². The largest absolute Gasteiger partial charge is 0.469 e. The molecule has 1 aromatic carbocycles. The molecule has 0 aliphatic heterocycles. The number of ether oxygens (including phenoxy) is 1. The van der Waals surface area contributed by atoms with Crippen LogP contribution in [-0.4, -0.2) is 25.5 Å². The van der Waals surface area contributed by atoms with Crippen molar-refractivity contribution < 1.29 is 14.3 Å². The summed E-state index contributed by atoms with van der Waals surface area (Å²) in [6.45, 7) is 7.07. The Labute approximate surface area is 133 Å². The molecule has 1 N–H and O–H groups in total. The van der Waals surface area contributed by atoms with Crippen molar-refractivity contribution in [3.8, 4) is 0 Å². The van der Waals surface area contributed by atoms with Crippen molar-refractivity contribution in [2.24, 2.45) is 0 Å². The van der Waals surface area contributed by atoms with Gasteiger partial charge in [0.25, 0.3) is 5.91 Å². The number of carbonyl (C=O) groups is 2. The molecular formula is C18H27NO3. The first kappa shape index (κ1) is 18.2. The fourth-order valence-electron chi connectivity index (χ4n) is 2.10. The number of rotatable bonds is 7. The van der Waals surface area contributed by atoms with Gasteiger partial charge in [0.2, 0.25) is 0 Å². The van der Waals surface area contributed by atoms with Crippen LogP contribution in [0.1, 0.15) is 62.4 Å². The molecule has 0 aliphatic carbocycles. The van der Waals surface area contributed by atoms with Crippen molar-refractivity contribution in [2.45, 2.75) is 51.9 Å². The molecule has 22 heavy (non-hydrogen) atoms. The second-order valence-electron chi connectivity index (χ2n) is 6.47. The van der Waals surface area contributed by atoms with Gasteiger partial charge < -0.3 is 10.1 Å². The summed E-state index contributed by atoms with van der Waals surface area (Å²) in [5.41, 5.74) is 1.99. The lowest BCUT2D eigenvalue weighted by molar-refractivity contribution is -0.140. The van der Waals surface area contributed by atoms with E-state index in [4.69, 9.17) is 0 Å². The highest BCUT2D eigenvalue weighted by molar-refractivity contribution is 5.94. The third-order valence-electron chi connectivity index (χ3n) is 3.58. The molecule has 0 saturated carbocycles. The average Bonchev–Trinajstić information content (AvgIpc) is 2.49. The molecule has 0 fully saturated rings. The van der Waals surface area contributed by atoms with Crippen LogP contribution in [0.5, 0.6) is 0 Å². The Morgan fingerprint density at radius 1 is 1.05 bits per heavy atom. The molecule has 0 spiro atoms. The minimum Gasteiger partial charge on any atom is -0.469 e. The van der Waals surface area contributed by atoms with Gasteiger partial charge in [-0.15, -0.1) is 0 Å². The van der Waals surface area contributed by atoms with Crippen molar-refractivity contribution in [3.05, 3.63) is 35.4 Å². The van der Waals surface area contributed by atoms with E-state index in [0.29, 0.717) is 18.5 Å². The first-order chi connectivity index (χ1) is 10.3. The zero-order valence-electron chi connectivity index (χ0n) is 14.1. The number of esters is 1. The van der Waals surface area contributed by atoms with Crippen LogP contribution in [0.15, 0.2) is 24.3 Å². The van der Waals surface area contributed by atoms with Crippen LogP contribution in [0.2, 0.25) is 0 Å². The van der Waals surface area contributed by atoms with Gasteiger partial charge in [-0.1, -0.05) is 39.3 Å². The van der Waals surface area contributed by atoms with Crippen molar-refractivity contribution in [1.82, 2.24) is 5.32 Å². The molecule has 4 nitrogen and oxygen atoms in total. The molecule has 0 saturated heterocycles. The fraction of sp³-hybridized carbons (Fsp3) is 0.556. The summed E-state index contributed by atoms with van der Waals surface area (Å²) in [4.78, 5) is 23.0. The van der Waals surface area contributed by atoms with E-state index in [0.717, 1.165) is 19.3 Å². The number of carbonyl (C=O) groups excluding carboxylic acids is 2. The van der Waals surface area contributed by atoms with Gasteiger partial charge in [-0.25, -0.2) is 0 Å². The minimum atomic E-state index is -0.178. The first-order valence-electron chi connectivity index (χ1n) is 7.80. The van der Waals surface area contributed by atoms with Crippen molar-refractivity contribution >= 4 is 11.9 Å². The first-order valence-corrected chi connectivity index (χ1v) is 7.80. The Morgan fingerprint density at radius 3 is 2.23 bits per heavy atom. The maximum atomic E-state index is 12.0. The van der Waals surface area contributed by atoms with Gasteiger partial charge >= 0.3 is 5.97 Å². The number of hydrogen-bond acceptors (Lipinski definition) is 3. The van der Waals surface area contributed by atoms with E-state index < -0.39 is 0 Å². The maximum absolute atomic E-state index is 12.0. The smallest absolute Gasteiger partial charge is 0.305 e. The van der Waals surface area contributed by atoms with Gasteiger partial charge in [-0.2, -0.15) is 0 Å². The van der Waals surface area contributed by atoms with Crippen molar-refractivity contribution in [1.29, 1.82) is 0 Å². The number of unbranched alkanes of at least 4 members (excludes halogenated alkanes) is 2. The monoisotopic (exact) mass is 305 g/mol. The zero-order valence-corrected chi connectivity index (χ0v) is 14.1. The normalized spacial score (nSPS) is 11.1. The van der Waals surface area contributed by atoms with Crippen LogP contribution in [0.25, 0.3) is 0 Å².